The van der Waals surface area contributed by atoms with Crippen molar-refractivity contribution in [1.82, 2.24) is 0 Å². The number of aliphatic hydroxyl groups is 1. The van der Waals surface area contributed by atoms with Crippen LogP contribution in [0, 0.1) is 0 Å². The molecule has 0 aliphatic heterocycles. The molecule has 0 radical (unpaired) electrons. The van der Waals surface area contributed by atoms with Crippen LogP contribution in [0.2, 0.25) is 10.0 Å². The topological polar surface area (TPSA) is 75.6 Å². The smallest absolute Gasteiger partial charge is 0.340 e. The van der Waals surface area contributed by atoms with Gasteiger partial charge in [0.25, 0.3) is 0 Å². The van der Waals surface area contributed by atoms with Crippen LogP contribution in [0.15, 0.2) is 67.8 Å². The molecular formula is C26H21Cl2NO4. The summed E-state index contributed by atoms with van der Waals surface area (Å²) in [6, 6.07) is 15.0. The predicted octanol–water partition coefficient (Wildman–Crippen LogP) is 7.26. The fourth-order valence-electron chi connectivity index (χ4n) is 3.26. The molecule has 0 aliphatic carbocycles. The Bertz CT molecular complexity index is 1270. The molecule has 0 saturated carbocycles. The van der Waals surface area contributed by atoms with Crippen molar-refractivity contribution in [2.24, 2.45) is 0 Å². The van der Waals surface area contributed by atoms with Gasteiger partial charge in [0.2, 0.25) is 0 Å². The molecule has 2 N–H and O–H groups in total. The lowest BCUT2D eigenvalue weighted by Crippen LogP contribution is -2.10. The van der Waals surface area contributed by atoms with Gasteiger partial charge >= 0.3 is 5.97 Å². The van der Waals surface area contributed by atoms with E-state index in [0.717, 1.165) is 11.1 Å². The summed E-state index contributed by atoms with van der Waals surface area (Å²) in [6.45, 7) is 9.47. The van der Waals surface area contributed by atoms with Crippen LogP contribution in [0.1, 0.15) is 38.8 Å². The molecule has 0 atom stereocenters. The standard InChI is InChI=1S/C26H21Cl2NO4/c1-4-33-26(32)22-9-7-18(21-10-8-20(27)13-24(21)28)12-25(22)29-15(2)23-11-17(16(3)31)5-6-19(23)14-30/h5-14,29,31H,2-4H2,1H3. The van der Waals surface area contributed by atoms with Gasteiger partial charge in [0.05, 0.1) is 17.9 Å². The third-order valence-corrected chi connectivity index (χ3v) is 5.43. The predicted molar refractivity (Wildman–Crippen MR) is 134 cm³/mol. The van der Waals surface area contributed by atoms with Gasteiger partial charge in [-0.15, -0.1) is 0 Å². The van der Waals surface area contributed by atoms with Crippen molar-refractivity contribution in [2.75, 3.05) is 11.9 Å². The van der Waals surface area contributed by atoms with Crippen LogP contribution in [-0.2, 0) is 4.74 Å². The number of halogens is 2. The van der Waals surface area contributed by atoms with Crippen LogP contribution in [0.25, 0.3) is 22.6 Å². The zero-order valence-electron chi connectivity index (χ0n) is 17.8. The zero-order valence-corrected chi connectivity index (χ0v) is 19.3. The molecule has 3 aromatic rings. The van der Waals surface area contributed by atoms with E-state index in [1.165, 1.54) is 0 Å². The first-order valence-corrected chi connectivity index (χ1v) is 10.7. The van der Waals surface area contributed by atoms with E-state index in [0.29, 0.717) is 44.4 Å². The SMILES string of the molecule is C=C(O)c1ccc(C=O)c(C(=C)Nc2cc(-c3ccc(Cl)cc3Cl)ccc2C(=O)OCC)c1. The summed E-state index contributed by atoms with van der Waals surface area (Å²) in [4.78, 5) is 24.1. The average Bonchev–Trinajstić information content (AvgIpc) is 2.78. The van der Waals surface area contributed by atoms with Crippen molar-refractivity contribution in [2.45, 2.75) is 6.92 Å². The van der Waals surface area contributed by atoms with E-state index in [-0.39, 0.29) is 17.9 Å². The Morgan fingerprint density at radius 3 is 2.45 bits per heavy atom. The van der Waals surface area contributed by atoms with E-state index in [1.54, 1.807) is 61.5 Å². The number of esters is 1. The van der Waals surface area contributed by atoms with Gasteiger partial charge in [0, 0.05) is 38.0 Å². The van der Waals surface area contributed by atoms with E-state index < -0.39 is 5.97 Å². The minimum atomic E-state index is -0.519. The quantitative estimate of drug-likeness (QED) is 0.201. The van der Waals surface area contributed by atoms with Gasteiger partial charge in [0.1, 0.15) is 5.76 Å². The lowest BCUT2D eigenvalue weighted by atomic mass is 9.99. The fourth-order valence-corrected chi connectivity index (χ4v) is 3.77. The second kappa shape index (κ2) is 10.4. The molecule has 0 aromatic heterocycles. The third kappa shape index (κ3) is 5.45. The number of aliphatic hydroxyl groups excluding tert-OH is 1. The summed E-state index contributed by atoms with van der Waals surface area (Å²) < 4.78 is 5.18. The number of carbonyl (C=O) groups excluding carboxylic acids is 2. The van der Waals surface area contributed by atoms with Crippen molar-refractivity contribution < 1.29 is 19.4 Å². The van der Waals surface area contributed by atoms with E-state index >= 15 is 0 Å². The zero-order chi connectivity index (χ0) is 24.1. The Balaban J connectivity index is 2.09. The van der Waals surface area contributed by atoms with Crippen LogP contribution < -0.4 is 5.32 Å². The lowest BCUT2D eigenvalue weighted by molar-refractivity contribution is 0.0527. The van der Waals surface area contributed by atoms with Gasteiger partial charge in [-0.3, -0.25) is 4.79 Å². The Hall–Kier alpha value is -3.54. The number of carbonyl (C=O) groups is 2. The second-order valence-corrected chi connectivity index (χ2v) is 7.92. The van der Waals surface area contributed by atoms with Crippen LogP contribution >= 0.6 is 23.2 Å². The first kappa shape index (κ1) is 24.1. The average molecular weight is 482 g/mol. The molecular weight excluding hydrogens is 461 g/mol. The molecule has 0 unspecified atom stereocenters. The summed E-state index contributed by atoms with van der Waals surface area (Å²) in [5.41, 5.74) is 3.71. The third-order valence-electron chi connectivity index (χ3n) is 4.88. The number of hydrogen-bond donors (Lipinski definition) is 2. The van der Waals surface area contributed by atoms with Gasteiger partial charge in [-0.1, -0.05) is 60.6 Å². The summed E-state index contributed by atoms with van der Waals surface area (Å²) >= 11 is 12.4. The van der Waals surface area contributed by atoms with Gasteiger partial charge in [-0.2, -0.15) is 0 Å². The molecule has 0 fully saturated rings. The van der Waals surface area contributed by atoms with Crippen molar-refractivity contribution in [3.63, 3.8) is 0 Å². The number of anilines is 1. The van der Waals surface area contributed by atoms with Gasteiger partial charge < -0.3 is 15.2 Å². The Morgan fingerprint density at radius 2 is 1.82 bits per heavy atom. The summed E-state index contributed by atoms with van der Waals surface area (Å²) in [6.07, 6.45) is 0.683. The highest BCUT2D eigenvalue weighted by Gasteiger charge is 2.17. The van der Waals surface area contributed by atoms with E-state index in [2.05, 4.69) is 18.5 Å². The maximum Gasteiger partial charge on any atom is 0.340 e. The molecule has 0 spiro atoms. The Morgan fingerprint density at radius 1 is 1.06 bits per heavy atom. The van der Waals surface area contributed by atoms with Crippen LogP contribution in [0.3, 0.4) is 0 Å². The monoisotopic (exact) mass is 481 g/mol. The van der Waals surface area contributed by atoms with Gasteiger partial charge in [0.15, 0.2) is 6.29 Å². The Kier molecular flexibility index (Phi) is 7.59. The molecule has 3 rings (SSSR count). The maximum atomic E-state index is 12.6. The largest absolute Gasteiger partial charge is 0.508 e. The molecule has 0 bridgehead atoms. The number of rotatable bonds is 8. The highest BCUT2D eigenvalue weighted by atomic mass is 35.5. The van der Waals surface area contributed by atoms with Gasteiger partial charge in [-0.05, 0) is 42.8 Å². The molecule has 5 nitrogen and oxygen atoms in total. The van der Waals surface area contributed by atoms with Crippen molar-refractivity contribution in [3.8, 4) is 11.1 Å². The molecule has 0 heterocycles. The highest BCUT2D eigenvalue weighted by Crippen LogP contribution is 2.34. The first-order valence-electron chi connectivity index (χ1n) is 9.95. The number of ether oxygens (including phenoxy) is 1. The van der Waals surface area contributed by atoms with Crippen LogP contribution in [0.5, 0.6) is 0 Å². The number of nitrogens with one attached hydrogen (secondary N) is 1. The normalized spacial score (nSPS) is 10.4. The minimum Gasteiger partial charge on any atom is -0.508 e. The number of hydrogen-bond acceptors (Lipinski definition) is 5. The fraction of sp³-hybridized carbons (Fsp3) is 0.0769. The molecule has 168 valence electrons. The molecule has 0 aliphatic rings. The summed E-state index contributed by atoms with van der Waals surface area (Å²) in [5, 5.41) is 13.8. The maximum absolute atomic E-state index is 12.6. The molecule has 0 saturated heterocycles. The first-order chi connectivity index (χ1) is 15.7. The summed E-state index contributed by atoms with van der Waals surface area (Å²) in [7, 11) is 0. The van der Waals surface area contributed by atoms with Crippen LogP contribution in [-0.4, -0.2) is 24.0 Å². The van der Waals surface area contributed by atoms with Gasteiger partial charge in [-0.25, -0.2) is 4.79 Å². The number of benzene rings is 3. The molecule has 7 heteroatoms. The minimum absolute atomic E-state index is 0.145. The highest BCUT2D eigenvalue weighted by molar-refractivity contribution is 6.36. The second-order valence-electron chi connectivity index (χ2n) is 7.08. The van der Waals surface area contributed by atoms with E-state index in [1.807, 2.05) is 0 Å². The van der Waals surface area contributed by atoms with Crippen LogP contribution in [0.4, 0.5) is 5.69 Å². The van der Waals surface area contributed by atoms with E-state index in [4.69, 9.17) is 27.9 Å². The van der Waals surface area contributed by atoms with Crippen molar-refractivity contribution in [3.05, 3.63) is 100 Å². The van der Waals surface area contributed by atoms with Crippen molar-refractivity contribution >= 4 is 52.6 Å². The van der Waals surface area contributed by atoms with E-state index in [9.17, 15) is 14.7 Å². The number of aldehydes is 1. The molecule has 3 aromatic carbocycles. The molecule has 33 heavy (non-hydrogen) atoms. The van der Waals surface area contributed by atoms with Crippen molar-refractivity contribution in [1.29, 1.82) is 0 Å². The summed E-state index contributed by atoms with van der Waals surface area (Å²) in [5.74, 6) is -0.664. The molecule has 0 amide bonds. The lowest BCUT2D eigenvalue weighted by Gasteiger charge is -2.17. The Labute approximate surface area is 201 Å².